The molecule has 4 heteroatoms. The zero-order valence-electron chi connectivity index (χ0n) is 8.87. The third kappa shape index (κ3) is 3.88. The lowest BCUT2D eigenvalue weighted by molar-refractivity contribution is -0.147. The summed E-state index contributed by atoms with van der Waals surface area (Å²) in [5.74, 6) is -0.296. The zero-order chi connectivity index (χ0) is 11.3. The molecular weight excluding hydrogens is 214 g/mol. The first-order valence-electron chi connectivity index (χ1n) is 4.92. The minimum Gasteiger partial charge on any atom is -0.456 e. The van der Waals surface area contributed by atoms with Gasteiger partial charge in [-0.1, -0.05) is 24.9 Å². The minimum atomic E-state index is -0.296. The van der Waals surface area contributed by atoms with Crippen molar-refractivity contribution in [2.24, 2.45) is 0 Å². The van der Waals surface area contributed by atoms with Gasteiger partial charge in [-0.2, -0.15) is 0 Å². The van der Waals surface area contributed by atoms with E-state index in [0.717, 1.165) is 12.8 Å². The van der Waals surface area contributed by atoms with Crippen LogP contribution in [0.4, 0.5) is 0 Å². The van der Waals surface area contributed by atoms with E-state index in [1.54, 1.807) is 18.3 Å². The van der Waals surface area contributed by atoms with Crippen LogP contribution in [0, 0.1) is 0 Å². The first kappa shape index (κ1) is 12.0. The molecule has 82 valence electrons. The van der Waals surface area contributed by atoms with Crippen molar-refractivity contribution >= 4 is 17.6 Å². The van der Waals surface area contributed by atoms with Crippen molar-refractivity contribution in [2.45, 2.75) is 32.8 Å². The highest BCUT2D eigenvalue weighted by Gasteiger charge is 2.15. The van der Waals surface area contributed by atoms with Crippen LogP contribution in [0.25, 0.3) is 0 Å². The van der Waals surface area contributed by atoms with Crippen LogP contribution in [0.1, 0.15) is 38.5 Å². The summed E-state index contributed by atoms with van der Waals surface area (Å²) in [6.07, 6.45) is 3.01. The number of nitrogens with zero attached hydrogens (tertiary/aromatic N) is 1. The molecule has 0 unspecified atom stereocenters. The van der Waals surface area contributed by atoms with Crippen molar-refractivity contribution in [3.8, 4) is 0 Å². The lowest BCUT2D eigenvalue weighted by Gasteiger charge is -2.15. The smallest absolute Gasteiger partial charge is 0.303 e. The fraction of sp³-hybridized carbons (Fsp3) is 0.455. The molecule has 1 heterocycles. The van der Waals surface area contributed by atoms with Crippen molar-refractivity contribution < 1.29 is 9.53 Å². The van der Waals surface area contributed by atoms with Crippen LogP contribution in [-0.2, 0) is 9.53 Å². The molecule has 0 aliphatic rings. The van der Waals surface area contributed by atoms with Gasteiger partial charge in [0, 0.05) is 18.1 Å². The summed E-state index contributed by atoms with van der Waals surface area (Å²) in [7, 11) is 0. The van der Waals surface area contributed by atoms with Crippen LogP contribution in [0.2, 0.25) is 5.02 Å². The van der Waals surface area contributed by atoms with E-state index in [1.807, 2.05) is 6.92 Å². The molecule has 0 amide bonds. The molecule has 0 aliphatic heterocycles. The van der Waals surface area contributed by atoms with E-state index in [4.69, 9.17) is 16.3 Å². The van der Waals surface area contributed by atoms with E-state index in [-0.39, 0.29) is 12.1 Å². The van der Waals surface area contributed by atoms with Gasteiger partial charge in [-0.3, -0.25) is 9.78 Å². The Morgan fingerprint density at radius 3 is 2.93 bits per heavy atom. The molecule has 1 rings (SSSR count). The Bertz CT molecular complexity index is 341. The second-order valence-electron chi connectivity index (χ2n) is 3.29. The minimum absolute atomic E-state index is 0.286. The zero-order valence-corrected chi connectivity index (χ0v) is 9.62. The van der Waals surface area contributed by atoms with E-state index in [2.05, 4.69) is 4.98 Å². The van der Waals surface area contributed by atoms with E-state index in [0.29, 0.717) is 10.7 Å². The van der Waals surface area contributed by atoms with Gasteiger partial charge in [-0.05, 0) is 18.6 Å². The average molecular weight is 228 g/mol. The molecule has 1 aromatic heterocycles. The highest BCUT2D eigenvalue weighted by molar-refractivity contribution is 6.30. The van der Waals surface area contributed by atoms with Gasteiger partial charge in [0.05, 0.1) is 5.69 Å². The number of esters is 1. The van der Waals surface area contributed by atoms with Crippen LogP contribution in [0.3, 0.4) is 0 Å². The number of hydrogen-bond acceptors (Lipinski definition) is 3. The molecular formula is C11H14ClNO2. The lowest BCUT2D eigenvalue weighted by Crippen LogP contribution is -2.09. The Hall–Kier alpha value is -1.09. The van der Waals surface area contributed by atoms with Crippen molar-refractivity contribution in [3.63, 3.8) is 0 Å². The number of rotatable bonds is 4. The maximum absolute atomic E-state index is 10.9. The summed E-state index contributed by atoms with van der Waals surface area (Å²) in [6.45, 7) is 3.42. The summed E-state index contributed by atoms with van der Waals surface area (Å²) in [5, 5.41) is 0.605. The summed E-state index contributed by atoms with van der Waals surface area (Å²) in [4.78, 5) is 15.1. The highest BCUT2D eigenvalue weighted by atomic mass is 35.5. The maximum Gasteiger partial charge on any atom is 0.303 e. The number of ether oxygens (including phenoxy) is 1. The predicted molar refractivity (Wildman–Crippen MR) is 58.7 cm³/mol. The molecule has 0 saturated heterocycles. The average Bonchev–Trinajstić information content (AvgIpc) is 2.16. The van der Waals surface area contributed by atoms with E-state index in [1.165, 1.54) is 6.92 Å². The van der Waals surface area contributed by atoms with Gasteiger partial charge in [0.2, 0.25) is 0 Å². The Labute approximate surface area is 94.4 Å². The van der Waals surface area contributed by atoms with Gasteiger partial charge in [-0.25, -0.2) is 0 Å². The molecule has 15 heavy (non-hydrogen) atoms. The number of pyridine rings is 1. The number of carbonyl (C=O) groups is 1. The molecule has 3 nitrogen and oxygen atoms in total. The first-order valence-corrected chi connectivity index (χ1v) is 5.30. The Balaban J connectivity index is 2.83. The first-order chi connectivity index (χ1) is 7.13. The molecule has 0 aromatic carbocycles. The Kier molecular flexibility index (Phi) is 4.56. The van der Waals surface area contributed by atoms with E-state index < -0.39 is 0 Å². The fourth-order valence-corrected chi connectivity index (χ4v) is 1.50. The molecule has 1 aromatic rings. The van der Waals surface area contributed by atoms with E-state index in [9.17, 15) is 4.79 Å². The SMILES string of the molecule is CCC[C@@H](OC(C)=O)c1cc(Cl)ccn1. The van der Waals surface area contributed by atoms with Crippen LogP contribution in [0.15, 0.2) is 18.3 Å². The van der Waals surface area contributed by atoms with Gasteiger partial charge in [0.15, 0.2) is 0 Å². The Morgan fingerprint density at radius 1 is 1.67 bits per heavy atom. The van der Waals surface area contributed by atoms with Gasteiger partial charge in [0.1, 0.15) is 6.10 Å². The quantitative estimate of drug-likeness (QED) is 0.742. The molecule has 0 fully saturated rings. The molecule has 0 saturated carbocycles. The molecule has 1 atom stereocenters. The van der Waals surface area contributed by atoms with Gasteiger partial charge in [-0.15, -0.1) is 0 Å². The van der Waals surface area contributed by atoms with Crippen LogP contribution < -0.4 is 0 Å². The number of hydrogen-bond donors (Lipinski definition) is 0. The predicted octanol–water partition coefficient (Wildman–Crippen LogP) is 3.14. The molecule has 0 spiro atoms. The van der Waals surface area contributed by atoms with Crippen molar-refractivity contribution in [2.75, 3.05) is 0 Å². The van der Waals surface area contributed by atoms with Gasteiger partial charge < -0.3 is 4.74 Å². The summed E-state index contributed by atoms with van der Waals surface area (Å²) in [5.41, 5.74) is 0.708. The number of carbonyl (C=O) groups excluding carboxylic acids is 1. The van der Waals surface area contributed by atoms with Crippen molar-refractivity contribution in [1.29, 1.82) is 0 Å². The lowest BCUT2D eigenvalue weighted by atomic mass is 10.1. The summed E-state index contributed by atoms with van der Waals surface area (Å²) in [6, 6.07) is 3.42. The van der Waals surface area contributed by atoms with Crippen LogP contribution in [0.5, 0.6) is 0 Å². The van der Waals surface area contributed by atoms with E-state index >= 15 is 0 Å². The van der Waals surface area contributed by atoms with Gasteiger partial charge >= 0.3 is 5.97 Å². The monoisotopic (exact) mass is 227 g/mol. The third-order valence-corrected chi connectivity index (χ3v) is 2.17. The molecule has 0 aliphatic carbocycles. The molecule has 0 N–H and O–H groups in total. The van der Waals surface area contributed by atoms with Crippen LogP contribution in [-0.4, -0.2) is 11.0 Å². The number of halogens is 1. The normalized spacial score (nSPS) is 12.2. The highest BCUT2D eigenvalue weighted by Crippen LogP contribution is 2.23. The second-order valence-corrected chi connectivity index (χ2v) is 3.72. The standard InChI is InChI=1S/C11H14ClNO2/c1-3-4-11(15-8(2)14)10-7-9(12)5-6-13-10/h5-7,11H,3-4H2,1-2H3/t11-/m1/s1. The largest absolute Gasteiger partial charge is 0.456 e. The second kappa shape index (κ2) is 5.71. The fourth-order valence-electron chi connectivity index (χ4n) is 1.33. The van der Waals surface area contributed by atoms with Crippen LogP contribution >= 0.6 is 11.6 Å². The Morgan fingerprint density at radius 2 is 2.40 bits per heavy atom. The number of aromatic nitrogens is 1. The van der Waals surface area contributed by atoms with Crippen molar-refractivity contribution in [1.82, 2.24) is 4.98 Å². The summed E-state index contributed by atoms with van der Waals surface area (Å²) >= 11 is 5.85. The van der Waals surface area contributed by atoms with Gasteiger partial charge in [0.25, 0.3) is 0 Å². The third-order valence-electron chi connectivity index (χ3n) is 1.93. The molecule has 0 radical (unpaired) electrons. The summed E-state index contributed by atoms with van der Waals surface area (Å²) < 4.78 is 5.17. The topological polar surface area (TPSA) is 39.2 Å². The molecule has 0 bridgehead atoms. The maximum atomic E-state index is 10.9. The van der Waals surface area contributed by atoms with Crippen molar-refractivity contribution in [3.05, 3.63) is 29.0 Å².